The summed E-state index contributed by atoms with van der Waals surface area (Å²) in [5.41, 5.74) is 2.61. The van der Waals surface area contributed by atoms with Crippen molar-refractivity contribution in [2.75, 3.05) is 26.2 Å². The van der Waals surface area contributed by atoms with Crippen molar-refractivity contribution in [1.29, 1.82) is 0 Å². The van der Waals surface area contributed by atoms with Crippen LogP contribution in [0.15, 0.2) is 72.8 Å². The predicted molar refractivity (Wildman–Crippen MR) is 160 cm³/mol. The smallest absolute Gasteiger partial charge is 0.305 e. The van der Waals surface area contributed by atoms with Gasteiger partial charge in [0.15, 0.2) is 11.6 Å². The zero-order chi connectivity index (χ0) is 30.6. The minimum atomic E-state index is -0.975. The summed E-state index contributed by atoms with van der Waals surface area (Å²) < 4.78 is 25.3. The maximum absolute atomic E-state index is 14.2. The average molecular weight is 591 g/mol. The van der Waals surface area contributed by atoms with E-state index in [9.17, 15) is 18.8 Å². The summed E-state index contributed by atoms with van der Waals surface area (Å²) in [4.78, 5) is 39.1. The van der Waals surface area contributed by atoms with Crippen molar-refractivity contribution < 1.29 is 33.4 Å². The standard InChI is InChI=1S/C34H39FN2O6/c1-2-42-30-14-8-24(22-29(30)35)9-15-31(38)37-20-17-27(18-21-37)33(34(41)36-19-16-32(39)40)26-10-12-28(13-11-26)43-23-25-6-4-3-5-7-25/h3-8,10-14,22,27,33H,2,9,15-21,23H2,1H3,(H,36,41)(H,39,40)/t33-/m1/s1. The second-order valence-corrected chi connectivity index (χ2v) is 10.7. The molecule has 228 valence electrons. The van der Waals surface area contributed by atoms with Gasteiger partial charge in [-0.1, -0.05) is 48.5 Å². The first-order chi connectivity index (χ1) is 20.8. The molecule has 0 bridgehead atoms. The lowest BCUT2D eigenvalue weighted by Crippen LogP contribution is -2.43. The van der Waals surface area contributed by atoms with Crippen LogP contribution in [0.4, 0.5) is 4.39 Å². The van der Waals surface area contributed by atoms with E-state index in [1.165, 1.54) is 6.07 Å². The van der Waals surface area contributed by atoms with E-state index < -0.39 is 17.7 Å². The van der Waals surface area contributed by atoms with Crippen LogP contribution in [0, 0.1) is 11.7 Å². The van der Waals surface area contributed by atoms with Gasteiger partial charge in [-0.25, -0.2) is 4.39 Å². The minimum Gasteiger partial charge on any atom is -0.491 e. The summed E-state index contributed by atoms with van der Waals surface area (Å²) in [5, 5.41) is 11.8. The van der Waals surface area contributed by atoms with Crippen molar-refractivity contribution in [3.63, 3.8) is 0 Å². The number of amides is 2. The summed E-state index contributed by atoms with van der Waals surface area (Å²) in [6.45, 7) is 3.68. The molecular weight excluding hydrogens is 551 g/mol. The number of carboxylic acids is 1. The first-order valence-corrected chi connectivity index (χ1v) is 14.8. The zero-order valence-corrected chi connectivity index (χ0v) is 24.5. The summed E-state index contributed by atoms with van der Waals surface area (Å²) in [5.74, 6) is -1.25. The Balaban J connectivity index is 1.36. The molecule has 43 heavy (non-hydrogen) atoms. The van der Waals surface area contributed by atoms with Crippen molar-refractivity contribution in [1.82, 2.24) is 10.2 Å². The molecule has 0 saturated carbocycles. The number of carbonyl (C=O) groups excluding carboxylic acids is 2. The van der Waals surface area contributed by atoms with Crippen LogP contribution < -0.4 is 14.8 Å². The maximum atomic E-state index is 14.2. The molecule has 4 rings (SSSR count). The topological polar surface area (TPSA) is 105 Å². The molecule has 0 aliphatic carbocycles. The zero-order valence-electron chi connectivity index (χ0n) is 24.5. The summed E-state index contributed by atoms with van der Waals surface area (Å²) >= 11 is 0. The first-order valence-electron chi connectivity index (χ1n) is 14.8. The first kappa shape index (κ1) is 31.5. The number of hydrogen-bond acceptors (Lipinski definition) is 5. The molecule has 2 N–H and O–H groups in total. The second kappa shape index (κ2) is 15.7. The lowest BCUT2D eigenvalue weighted by Gasteiger charge is -2.36. The lowest BCUT2D eigenvalue weighted by atomic mass is 9.79. The second-order valence-electron chi connectivity index (χ2n) is 10.7. The Bertz CT molecular complexity index is 1360. The van der Waals surface area contributed by atoms with Crippen LogP contribution in [0.2, 0.25) is 0 Å². The third kappa shape index (κ3) is 9.30. The number of aliphatic carboxylic acids is 1. The Kier molecular flexibility index (Phi) is 11.5. The van der Waals surface area contributed by atoms with Crippen molar-refractivity contribution >= 4 is 17.8 Å². The number of nitrogens with zero attached hydrogens (tertiary/aromatic N) is 1. The number of carbonyl (C=O) groups is 3. The van der Waals surface area contributed by atoms with E-state index in [-0.39, 0.29) is 42.9 Å². The quantitative estimate of drug-likeness (QED) is 0.262. The highest BCUT2D eigenvalue weighted by Gasteiger charge is 2.33. The molecule has 2 amide bonds. The Hall–Kier alpha value is -4.40. The van der Waals surface area contributed by atoms with E-state index in [0.717, 1.165) is 16.7 Å². The molecule has 0 spiro atoms. The highest BCUT2D eigenvalue weighted by molar-refractivity contribution is 5.84. The van der Waals surface area contributed by atoms with Crippen LogP contribution in [-0.2, 0) is 27.4 Å². The van der Waals surface area contributed by atoms with Gasteiger partial charge in [0.05, 0.1) is 18.9 Å². The van der Waals surface area contributed by atoms with Crippen LogP contribution >= 0.6 is 0 Å². The molecule has 1 heterocycles. The predicted octanol–water partition coefficient (Wildman–Crippen LogP) is 5.35. The molecule has 3 aromatic rings. The number of likely N-dealkylation sites (tertiary alicyclic amines) is 1. The van der Waals surface area contributed by atoms with E-state index >= 15 is 0 Å². The monoisotopic (exact) mass is 590 g/mol. The molecular formula is C34H39FN2O6. The Morgan fingerprint density at radius 1 is 0.953 bits per heavy atom. The van der Waals surface area contributed by atoms with Gasteiger partial charge in [-0.3, -0.25) is 14.4 Å². The fourth-order valence-corrected chi connectivity index (χ4v) is 5.42. The number of carboxylic acid groups (broad SMARTS) is 1. The number of aryl methyl sites for hydroxylation is 1. The largest absolute Gasteiger partial charge is 0.491 e. The SMILES string of the molecule is CCOc1ccc(CCC(=O)N2CCC([C@H](C(=O)NCCC(=O)O)c3ccc(OCc4ccccc4)cc3)CC2)cc1F. The van der Waals surface area contributed by atoms with Crippen LogP contribution in [0.25, 0.3) is 0 Å². The van der Waals surface area contributed by atoms with Gasteiger partial charge < -0.3 is 24.8 Å². The highest BCUT2D eigenvalue weighted by Crippen LogP contribution is 2.34. The number of hydrogen-bond donors (Lipinski definition) is 2. The third-order valence-corrected chi connectivity index (χ3v) is 7.70. The number of rotatable bonds is 14. The van der Waals surface area contributed by atoms with E-state index in [1.54, 1.807) is 24.0 Å². The van der Waals surface area contributed by atoms with E-state index in [0.29, 0.717) is 51.3 Å². The van der Waals surface area contributed by atoms with Gasteiger partial charge >= 0.3 is 5.97 Å². The Morgan fingerprint density at radius 2 is 1.67 bits per heavy atom. The summed E-state index contributed by atoms with van der Waals surface area (Å²) in [7, 11) is 0. The van der Waals surface area contributed by atoms with Crippen LogP contribution in [0.3, 0.4) is 0 Å². The van der Waals surface area contributed by atoms with Gasteiger partial charge in [-0.2, -0.15) is 0 Å². The van der Waals surface area contributed by atoms with Crippen LogP contribution in [0.1, 0.15) is 55.2 Å². The Morgan fingerprint density at radius 3 is 2.33 bits per heavy atom. The summed E-state index contributed by atoms with van der Waals surface area (Å²) in [6.07, 6.45) is 1.80. The van der Waals surface area contributed by atoms with Gasteiger partial charge in [-0.05, 0) is 73.1 Å². The molecule has 1 saturated heterocycles. The van der Waals surface area contributed by atoms with Gasteiger partial charge in [0, 0.05) is 26.1 Å². The molecule has 0 aromatic heterocycles. The van der Waals surface area contributed by atoms with Gasteiger partial charge in [0.2, 0.25) is 11.8 Å². The fraction of sp³-hybridized carbons (Fsp3) is 0.382. The molecule has 9 heteroatoms. The maximum Gasteiger partial charge on any atom is 0.305 e. The van der Waals surface area contributed by atoms with Crippen LogP contribution in [-0.4, -0.2) is 54.0 Å². The van der Waals surface area contributed by atoms with E-state index in [2.05, 4.69) is 5.32 Å². The molecule has 1 aliphatic heterocycles. The third-order valence-electron chi connectivity index (χ3n) is 7.70. The van der Waals surface area contributed by atoms with Crippen molar-refractivity contribution in [3.05, 3.63) is 95.3 Å². The highest BCUT2D eigenvalue weighted by atomic mass is 19.1. The van der Waals surface area contributed by atoms with Crippen molar-refractivity contribution in [2.45, 2.75) is 51.6 Å². The molecule has 1 atom stereocenters. The number of piperidine rings is 1. The molecule has 3 aromatic carbocycles. The van der Waals surface area contributed by atoms with E-state index in [4.69, 9.17) is 14.6 Å². The van der Waals surface area contributed by atoms with E-state index in [1.807, 2.05) is 54.6 Å². The van der Waals surface area contributed by atoms with Gasteiger partial charge in [-0.15, -0.1) is 0 Å². The number of ether oxygens (including phenoxy) is 2. The number of nitrogens with one attached hydrogen (secondary N) is 1. The molecule has 1 fully saturated rings. The van der Waals surface area contributed by atoms with Crippen molar-refractivity contribution in [2.24, 2.45) is 5.92 Å². The fourth-order valence-electron chi connectivity index (χ4n) is 5.42. The summed E-state index contributed by atoms with van der Waals surface area (Å²) in [6, 6.07) is 22.1. The average Bonchev–Trinajstić information content (AvgIpc) is 3.01. The Labute approximate surface area is 251 Å². The van der Waals surface area contributed by atoms with Crippen LogP contribution in [0.5, 0.6) is 11.5 Å². The molecule has 8 nitrogen and oxygen atoms in total. The molecule has 0 unspecified atom stereocenters. The number of benzene rings is 3. The normalized spacial score (nSPS) is 14.1. The van der Waals surface area contributed by atoms with Crippen molar-refractivity contribution in [3.8, 4) is 11.5 Å². The number of halogens is 1. The lowest BCUT2D eigenvalue weighted by molar-refractivity contribution is -0.137. The molecule has 1 aliphatic rings. The molecule has 0 radical (unpaired) electrons. The minimum absolute atomic E-state index is 0.00452. The van der Waals surface area contributed by atoms with Gasteiger partial charge in [0.25, 0.3) is 0 Å². The van der Waals surface area contributed by atoms with Gasteiger partial charge in [0.1, 0.15) is 12.4 Å².